The molecule has 0 heterocycles. The van der Waals surface area contributed by atoms with Gasteiger partial charge in [-0.2, -0.15) is 0 Å². The summed E-state index contributed by atoms with van der Waals surface area (Å²) >= 11 is 0. The monoisotopic (exact) mass is 348 g/mol. The van der Waals surface area contributed by atoms with Crippen molar-refractivity contribution in [2.24, 2.45) is 10.4 Å². The number of nitrogens with zero attached hydrogens (tertiary/aromatic N) is 1. The normalized spacial score (nSPS) is 11.8. The molecule has 1 aromatic carbocycles. The maximum Gasteiger partial charge on any atom is 0.227 e. The first-order chi connectivity index (χ1) is 11.8. The van der Waals surface area contributed by atoms with Crippen molar-refractivity contribution in [2.45, 2.75) is 40.7 Å². The van der Waals surface area contributed by atoms with Gasteiger partial charge in [0.2, 0.25) is 5.91 Å². The lowest BCUT2D eigenvalue weighted by Gasteiger charge is -2.24. The average Bonchev–Trinajstić information content (AvgIpc) is 2.60. The van der Waals surface area contributed by atoms with E-state index >= 15 is 0 Å². The Morgan fingerprint density at radius 1 is 1.28 bits per heavy atom. The Bertz CT molecular complexity index is 597. The summed E-state index contributed by atoms with van der Waals surface area (Å²) in [6.45, 7) is 9.71. The van der Waals surface area contributed by atoms with E-state index < -0.39 is 5.41 Å². The van der Waals surface area contributed by atoms with E-state index in [4.69, 9.17) is 4.74 Å². The van der Waals surface area contributed by atoms with Crippen LogP contribution in [0.3, 0.4) is 0 Å². The third kappa shape index (κ3) is 6.64. The number of nitrogens with one attached hydrogen (secondary N) is 3. The zero-order chi connectivity index (χ0) is 18.9. The molecule has 1 amide bonds. The summed E-state index contributed by atoms with van der Waals surface area (Å²) in [5.74, 6) is 1.54. The van der Waals surface area contributed by atoms with Crippen LogP contribution in [0.4, 0.5) is 0 Å². The summed E-state index contributed by atoms with van der Waals surface area (Å²) in [7, 11) is 3.36. The molecule has 0 unspecified atom stereocenters. The van der Waals surface area contributed by atoms with Crippen molar-refractivity contribution in [3.63, 3.8) is 0 Å². The molecule has 25 heavy (non-hydrogen) atoms. The first-order valence-corrected chi connectivity index (χ1v) is 8.73. The first kappa shape index (κ1) is 20.8. The van der Waals surface area contributed by atoms with Crippen molar-refractivity contribution in [3.05, 3.63) is 29.3 Å². The maximum atomic E-state index is 11.9. The highest BCUT2D eigenvalue weighted by Crippen LogP contribution is 2.20. The minimum Gasteiger partial charge on any atom is -0.493 e. The summed E-state index contributed by atoms with van der Waals surface area (Å²) in [6, 6.07) is 6.19. The summed E-state index contributed by atoms with van der Waals surface area (Å²) in [5.41, 5.74) is 1.73. The van der Waals surface area contributed by atoms with E-state index in [1.807, 2.05) is 13.8 Å². The summed E-state index contributed by atoms with van der Waals surface area (Å²) in [5, 5.41) is 9.17. The number of amides is 1. The van der Waals surface area contributed by atoms with E-state index in [0.29, 0.717) is 25.7 Å². The molecule has 0 aliphatic heterocycles. The molecule has 0 saturated carbocycles. The molecule has 0 saturated heterocycles. The van der Waals surface area contributed by atoms with Gasteiger partial charge in [0.25, 0.3) is 0 Å². The Hall–Kier alpha value is -2.24. The highest BCUT2D eigenvalue weighted by molar-refractivity contribution is 5.84. The molecule has 0 atom stereocenters. The van der Waals surface area contributed by atoms with E-state index in [0.717, 1.165) is 17.7 Å². The highest BCUT2D eigenvalue weighted by atomic mass is 16.5. The third-order valence-electron chi connectivity index (χ3n) is 3.89. The van der Waals surface area contributed by atoms with Crippen LogP contribution in [0.1, 0.15) is 38.3 Å². The highest BCUT2D eigenvalue weighted by Gasteiger charge is 2.26. The minimum atomic E-state index is -0.522. The molecule has 0 aromatic heterocycles. The molecule has 0 fully saturated rings. The molecule has 140 valence electrons. The zero-order valence-electron chi connectivity index (χ0n) is 16.3. The number of ether oxygens (including phenoxy) is 1. The van der Waals surface area contributed by atoms with Gasteiger partial charge in [-0.05, 0) is 38.8 Å². The van der Waals surface area contributed by atoms with Gasteiger partial charge in [-0.1, -0.05) is 19.1 Å². The second-order valence-corrected chi connectivity index (χ2v) is 6.70. The topological polar surface area (TPSA) is 74.8 Å². The lowest BCUT2D eigenvalue weighted by Crippen LogP contribution is -2.47. The smallest absolute Gasteiger partial charge is 0.227 e. The van der Waals surface area contributed by atoms with Crippen LogP contribution in [0.5, 0.6) is 5.75 Å². The average molecular weight is 348 g/mol. The number of aliphatic imine (C=N–C) groups is 1. The quantitative estimate of drug-likeness (QED) is 0.497. The van der Waals surface area contributed by atoms with Crippen molar-refractivity contribution in [2.75, 3.05) is 27.2 Å². The zero-order valence-corrected chi connectivity index (χ0v) is 16.3. The van der Waals surface area contributed by atoms with Crippen LogP contribution in [-0.2, 0) is 11.3 Å². The van der Waals surface area contributed by atoms with E-state index in [1.165, 1.54) is 5.56 Å². The molecule has 6 nitrogen and oxygen atoms in total. The van der Waals surface area contributed by atoms with Crippen LogP contribution in [0, 0.1) is 12.3 Å². The van der Waals surface area contributed by atoms with Crippen molar-refractivity contribution in [3.8, 4) is 5.75 Å². The van der Waals surface area contributed by atoms with Crippen LogP contribution < -0.4 is 20.7 Å². The van der Waals surface area contributed by atoms with Crippen molar-refractivity contribution >= 4 is 11.9 Å². The largest absolute Gasteiger partial charge is 0.493 e. The van der Waals surface area contributed by atoms with Gasteiger partial charge in [0.1, 0.15) is 5.75 Å². The fourth-order valence-electron chi connectivity index (χ4n) is 2.28. The SMILES string of the molecule is CCCOc1cc(C)ccc1CNC(=NC)NCC(C)(C)C(=O)NC. The second kappa shape index (κ2) is 9.91. The van der Waals surface area contributed by atoms with E-state index in [2.05, 4.69) is 53.0 Å². The minimum absolute atomic E-state index is 0.00996. The number of carbonyl (C=O) groups excluding carboxylic acids is 1. The summed E-state index contributed by atoms with van der Waals surface area (Å²) < 4.78 is 5.84. The Kier molecular flexibility index (Phi) is 8.25. The fourth-order valence-corrected chi connectivity index (χ4v) is 2.28. The van der Waals surface area contributed by atoms with Crippen molar-refractivity contribution < 1.29 is 9.53 Å². The van der Waals surface area contributed by atoms with Crippen LogP contribution in [0.2, 0.25) is 0 Å². The van der Waals surface area contributed by atoms with Gasteiger partial charge in [-0.15, -0.1) is 0 Å². The number of hydrogen-bond acceptors (Lipinski definition) is 3. The van der Waals surface area contributed by atoms with E-state index in [-0.39, 0.29) is 5.91 Å². The van der Waals surface area contributed by atoms with Gasteiger partial charge in [-0.3, -0.25) is 9.79 Å². The van der Waals surface area contributed by atoms with Gasteiger partial charge in [-0.25, -0.2) is 0 Å². The fraction of sp³-hybridized carbons (Fsp3) is 0.579. The standard InChI is InChI=1S/C19H32N4O2/c1-7-10-25-16-11-14(2)8-9-15(16)12-22-18(21-6)23-13-19(3,4)17(24)20-5/h8-9,11H,7,10,12-13H2,1-6H3,(H,20,24)(H2,21,22,23). The molecule has 1 rings (SSSR count). The van der Waals surface area contributed by atoms with E-state index in [9.17, 15) is 4.79 Å². The Balaban J connectivity index is 2.67. The third-order valence-corrected chi connectivity index (χ3v) is 3.89. The number of guanidine groups is 1. The van der Waals surface area contributed by atoms with Gasteiger partial charge < -0.3 is 20.7 Å². The van der Waals surface area contributed by atoms with Crippen LogP contribution in [-0.4, -0.2) is 39.1 Å². The molecule has 6 heteroatoms. The molecular formula is C19H32N4O2. The van der Waals surface area contributed by atoms with Crippen LogP contribution in [0.15, 0.2) is 23.2 Å². The number of hydrogen-bond donors (Lipinski definition) is 3. The first-order valence-electron chi connectivity index (χ1n) is 8.73. The Morgan fingerprint density at radius 3 is 2.60 bits per heavy atom. The lowest BCUT2D eigenvalue weighted by atomic mass is 9.92. The van der Waals surface area contributed by atoms with Gasteiger partial charge >= 0.3 is 0 Å². The summed E-state index contributed by atoms with van der Waals surface area (Å²) in [4.78, 5) is 16.1. The van der Waals surface area contributed by atoms with Crippen LogP contribution >= 0.6 is 0 Å². The predicted molar refractivity (Wildman–Crippen MR) is 103 cm³/mol. The lowest BCUT2D eigenvalue weighted by molar-refractivity contribution is -0.128. The molecule has 0 spiro atoms. The molecule has 0 aliphatic rings. The second-order valence-electron chi connectivity index (χ2n) is 6.70. The molecule has 0 bridgehead atoms. The summed E-state index contributed by atoms with van der Waals surface area (Å²) in [6.07, 6.45) is 0.971. The predicted octanol–water partition coefficient (Wildman–Crippen LogP) is 2.22. The van der Waals surface area contributed by atoms with Crippen molar-refractivity contribution in [1.29, 1.82) is 0 Å². The number of carbonyl (C=O) groups is 1. The number of benzene rings is 1. The molecule has 3 N–H and O–H groups in total. The number of aryl methyl sites for hydroxylation is 1. The van der Waals surface area contributed by atoms with Crippen molar-refractivity contribution in [1.82, 2.24) is 16.0 Å². The van der Waals surface area contributed by atoms with Gasteiger partial charge in [0.15, 0.2) is 5.96 Å². The molecule has 0 aliphatic carbocycles. The van der Waals surface area contributed by atoms with Gasteiger partial charge in [0.05, 0.1) is 12.0 Å². The molecular weight excluding hydrogens is 316 g/mol. The Morgan fingerprint density at radius 2 is 2.00 bits per heavy atom. The number of rotatable bonds is 8. The maximum absolute atomic E-state index is 11.9. The van der Waals surface area contributed by atoms with Crippen LogP contribution in [0.25, 0.3) is 0 Å². The van der Waals surface area contributed by atoms with E-state index in [1.54, 1.807) is 14.1 Å². The molecule has 1 aromatic rings. The molecule has 0 radical (unpaired) electrons. The van der Waals surface area contributed by atoms with Gasteiger partial charge in [0, 0.05) is 32.7 Å². The Labute approximate surface area is 151 Å².